The second kappa shape index (κ2) is 6.54. The maximum atomic E-state index is 3.99. The van der Waals surface area contributed by atoms with Gasteiger partial charge in [-0.3, -0.25) is 0 Å². The average Bonchev–Trinajstić information content (AvgIpc) is 3.64. The summed E-state index contributed by atoms with van der Waals surface area (Å²) in [6.07, 6.45) is 7.08. The Balaban J connectivity index is 1.43. The molecule has 0 amide bonds. The maximum absolute atomic E-state index is 3.99. The predicted molar refractivity (Wildman–Crippen MR) is 161 cm³/mol. The van der Waals surface area contributed by atoms with E-state index in [1.807, 2.05) is 0 Å². The van der Waals surface area contributed by atoms with Gasteiger partial charge in [-0.25, -0.2) is 0 Å². The van der Waals surface area contributed by atoms with Crippen molar-refractivity contribution in [3.8, 4) is 0 Å². The van der Waals surface area contributed by atoms with Gasteiger partial charge < -0.3 is 9.88 Å². The molecule has 0 radical (unpaired) electrons. The van der Waals surface area contributed by atoms with Gasteiger partial charge in [-0.15, -0.1) is 0 Å². The van der Waals surface area contributed by atoms with Crippen LogP contribution in [0, 0.1) is 0 Å². The highest BCUT2D eigenvalue weighted by Crippen LogP contribution is 2.62. The molecule has 2 heteroatoms. The van der Waals surface area contributed by atoms with Crippen molar-refractivity contribution in [1.29, 1.82) is 0 Å². The minimum Gasteiger partial charge on any atom is -0.352 e. The molecule has 2 nitrogen and oxygen atoms in total. The van der Waals surface area contributed by atoms with Gasteiger partial charge in [0.2, 0.25) is 0 Å². The van der Waals surface area contributed by atoms with Gasteiger partial charge in [0.05, 0.1) is 28.5 Å². The van der Waals surface area contributed by atoms with Crippen molar-refractivity contribution in [2.75, 3.05) is 4.90 Å². The Hall–Kier alpha value is -4.82. The van der Waals surface area contributed by atoms with Crippen LogP contribution in [0.25, 0.3) is 59.7 Å². The first-order valence-electron chi connectivity index (χ1n) is 13.5. The summed E-state index contributed by atoms with van der Waals surface area (Å²) in [5.74, 6) is 0.314. The summed E-state index contributed by atoms with van der Waals surface area (Å²) in [5.41, 5.74) is 9.46. The first-order chi connectivity index (χ1) is 18.9. The van der Waals surface area contributed by atoms with Crippen LogP contribution in [0.15, 0.2) is 115 Å². The van der Waals surface area contributed by atoms with E-state index in [1.54, 1.807) is 0 Å². The molecule has 3 aliphatic rings. The number of nitrogens with one attached hydrogen (secondary N) is 1. The van der Waals surface area contributed by atoms with E-state index in [4.69, 9.17) is 0 Å². The minimum absolute atomic E-state index is 0.285. The maximum Gasteiger partial charge on any atom is 0.0716 e. The number of hydrogen-bond donors (Lipinski definition) is 1. The van der Waals surface area contributed by atoms with Crippen LogP contribution in [0.2, 0.25) is 0 Å². The quantitative estimate of drug-likeness (QED) is 0.228. The van der Waals surface area contributed by atoms with E-state index in [9.17, 15) is 0 Å². The van der Waals surface area contributed by atoms with Crippen molar-refractivity contribution in [3.05, 3.63) is 126 Å². The van der Waals surface area contributed by atoms with Crippen molar-refractivity contribution in [3.63, 3.8) is 0 Å². The molecule has 0 saturated heterocycles. The lowest BCUT2D eigenvalue weighted by atomic mass is 9.82. The van der Waals surface area contributed by atoms with E-state index in [-0.39, 0.29) is 6.04 Å². The first-order valence-corrected chi connectivity index (χ1v) is 13.5. The Morgan fingerprint density at radius 1 is 0.605 bits per heavy atom. The first kappa shape index (κ1) is 19.3. The summed E-state index contributed by atoms with van der Waals surface area (Å²) in [4.78, 5) is 6.64. The summed E-state index contributed by atoms with van der Waals surface area (Å²) in [6.45, 7) is 0. The third kappa shape index (κ3) is 2.10. The van der Waals surface area contributed by atoms with Gasteiger partial charge in [-0.1, -0.05) is 109 Å². The summed E-state index contributed by atoms with van der Waals surface area (Å²) in [6, 6.07) is 36.1. The van der Waals surface area contributed by atoms with E-state index in [1.165, 1.54) is 82.2 Å². The molecule has 0 bridgehead atoms. The number of hydrogen-bond acceptors (Lipinski definition) is 1. The molecule has 1 N–H and O–H groups in total. The van der Waals surface area contributed by atoms with Crippen molar-refractivity contribution < 1.29 is 0 Å². The number of H-pyrrole nitrogens is 1. The van der Waals surface area contributed by atoms with Gasteiger partial charge in [-0.2, -0.15) is 0 Å². The van der Waals surface area contributed by atoms with Crippen LogP contribution in [0.1, 0.15) is 17.0 Å². The molecule has 2 unspecified atom stereocenters. The number of aromatic amines is 1. The van der Waals surface area contributed by atoms with Gasteiger partial charge in [0.1, 0.15) is 0 Å². The van der Waals surface area contributed by atoms with Gasteiger partial charge in [0, 0.05) is 27.6 Å². The average molecular weight is 483 g/mol. The number of benzene rings is 6. The van der Waals surface area contributed by atoms with Crippen LogP contribution in [0.5, 0.6) is 0 Å². The molecule has 176 valence electrons. The van der Waals surface area contributed by atoms with Crippen LogP contribution < -0.4 is 4.90 Å². The third-order valence-electron chi connectivity index (χ3n) is 9.24. The molecule has 7 aromatic rings. The van der Waals surface area contributed by atoms with Crippen LogP contribution in [0.3, 0.4) is 0 Å². The van der Waals surface area contributed by atoms with Gasteiger partial charge in [0.25, 0.3) is 0 Å². The fourth-order valence-electron chi connectivity index (χ4n) is 7.81. The van der Waals surface area contributed by atoms with E-state index in [0.717, 1.165) is 0 Å². The molecule has 6 aromatic carbocycles. The van der Waals surface area contributed by atoms with Gasteiger partial charge >= 0.3 is 0 Å². The monoisotopic (exact) mass is 482 g/mol. The summed E-state index contributed by atoms with van der Waals surface area (Å²) in [5, 5.41) is 10.6. The minimum atomic E-state index is 0.285. The molecule has 1 aromatic heterocycles. The zero-order chi connectivity index (χ0) is 24.5. The van der Waals surface area contributed by atoms with Crippen molar-refractivity contribution in [2.45, 2.75) is 12.0 Å². The fourth-order valence-corrected chi connectivity index (χ4v) is 7.81. The van der Waals surface area contributed by atoms with E-state index >= 15 is 0 Å². The Morgan fingerprint density at radius 3 is 2.18 bits per heavy atom. The highest BCUT2D eigenvalue weighted by atomic mass is 15.2. The van der Waals surface area contributed by atoms with E-state index < -0.39 is 0 Å². The zero-order valence-corrected chi connectivity index (χ0v) is 20.6. The molecule has 2 atom stereocenters. The molecule has 2 aliphatic heterocycles. The molecule has 0 saturated carbocycles. The number of fused-ring (bicyclic) bond motifs is 17. The predicted octanol–water partition coefficient (Wildman–Crippen LogP) is 9.35. The number of nitrogens with zero attached hydrogens (tertiary/aromatic N) is 1. The second-order valence-electron chi connectivity index (χ2n) is 10.9. The third-order valence-corrected chi connectivity index (χ3v) is 9.24. The van der Waals surface area contributed by atoms with E-state index in [2.05, 4.69) is 125 Å². The zero-order valence-electron chi connectivity index (χ0n) is 20.6. The van der Waals surface area contributed by atoms with Crippen molar-refractivity contribution >= 4 is 71.1 Å². The molecular weight excluding hydrogens is 460 g/mol. The van der Waals surface area contributed by atoms with Crippen LogP contribution in [-0.2, 0) is 0 Å². The molecule has 1 aliphatic carbocycles. The standard InChI is InChI=1S/C36H22N2/c1-3-10-22-20(8-1)17-19-29-30(22)27-14-7-15-28-32-25-13-6-5-12-24(25)31-26-18-16-21-9-2-4-11-23(21)33(26)37-34(31)36(32)38(29)35(27)28/h1-19,28,35,37H. The van der Waals surface area contributed by atoms with Crippen molar-refractivity contribution in [2.24, 2.45) is 0 Å². The van der Waals surface area contributed by atoms with Crippen LogP contribution in [-0.4, -0.2) is 11.0 Å². The molecule has 38 heavy (non-hydrogen) atoms. The van der Waals surface area contributed by atoms with Crippen LogP contribution in [0.4, 0.5) is 11.4 Å². The number of aromatic nitrogens is 1. The Bertz CT molecular complexity index is 2260. The lowest BCUT2D eigenvalue weighted by Crippen LogP contribution is -2.26. The highest BCUT2D eigenvalue weighted by Gasteiger charge is 2.49. The molecule has 10 rings (SSSR count). The number of anilines is 2. The van der Waals surface area contributed by atoms with Crippen LogP contribution >= 0.6 is 0 Å². The SMILES string of the molecule is C1=CC2c3c(c4[nH]c5c6ccccc6ccc5c4c4ccccc34)N3c4ccc5ccccc5c4C(=C1)C23. The Kier molecular flexibility index (Phi) is 3.32. The smallest absolute Gasteiger partial charge is 0.0716 e. The molecule has 0 spiro atoms. The lowest BCUT2D eigenvalue weighted by molar-refractivity contribution is 0.785. The molecule has 0 fully saturated rings. The normalized spacial score (nSPS) is 19.1. The second-order valence-corrected chi connectivity index (χ2v) is 10.9. The van der Waals surface area contributed by atoms with Gasteiger partial charge in [-0.05, 0) is 44.1 Å². The lowest BCUT2D eigenvalue weighted by Gasteiger charge is -2.24. The fraction of sp³-hybridized carbons (Fsp3) is 0.0556. The van der Waals surface area contributed by atoms with E-state index in [0.29, 0.717) is 5.92 Å². The largest absolute Gasteiger partial charge is 0.352 e. The summed E-state index contributed by atoms with van der Waals surface area (Å²) >= 11 is 0. The summed E-state index contributed by atoms with van der Waals surface area (Å²) in [7, 11) is 0. The molecular formula is C36H22N2. The highest BCUT2D eigenvalue weighted by molar-refractivity contribution is 6.30. The summed E-state index contributed by atoms with van der Waals surface area (Å²) < 4.78 is 0. The Morgan fingerprint density at radius 2 is 1.32 bits per heavy atom. The molecule has 3 heterocycles. The topological polar surface area (TPSA) is 19.0 Å². The van der Waals surface area contributed by atoms with Crippen molar-refractivity contribution in [1.82, 2.24) is 4.98 Å². The van der Waals surface area contributed by atoms with Gasteiger partial charge in [0.15, 0.2) is 0 Å². The Labute approximate surface area is 219 Å². The number of allylic oxidation sites excluding steroid dienone is 2. The number of rotatable bonds is 0.